The molecule has 0 N–H and O–H groups in total. The van der Waals surface area contributed by atoms with E-state index in [-0.39, 0.29) is 0 Å². The van der Waals surface area contributed by atoms with Gasteiger partial charge in [-0.1, -0.05) is 29.4 Å². The summed E-state index contributed by atoms with van der Waals surface area (Å²) in [6.45, 7) is 4.15. The number of benzene rings is 1. The van der Waals surface area contributed by atoms with E-state index >= 15 is 0 Å². The molecular formula is C22H25N3O3S2. The summed E-state index contributed by atoms with van der Waals surface area (Å²) in [6, 6.07) is 13.9. The third-order valence-electron chi connectivity index (χ3n) is 6.06. The van der Waals surface area contributed by atoms with E-state index in [9.17, 15) is 8.42 Å². The highest BCUT2D eigenvalue weighted by Gasteiger charge is 2.32. The largest absolute Gasteiger partial charge is 0.355 e. The lowest BCUT2D eigenvalue weighted by Crippen LogP contribution is -2.44. The van der Waals surface area contributed by atoms with Gasteiger partial charge in [0.05, 0.1) is 11.1 Å². The Morgan fingerprint density at radius 3 is 2.80 bits per heavy atom. The summed E-state index contributed by atoms with van der Waals surface area (Å²) in [5.41, 5.74) is 2.85. The lowest BCUT2D eigenvalue weighted by atomic mass is 9.95. The Labute approximate surface area is 181 Å². The summed E-state index contributed by atoms with van der Waals surface area (Å²) in [4.78, 5) is 3.27. The molecule has 2 aromatic heterocycles. The minimum absolute atomic E-state index is 0.368. The van der Waals surface area contributed by atoms with Crippen molar-refractivity contribution in [3.05, 3.63) is 59.8 Å². The molecule has 6 nitrogen and oxygen atoms in total. The van der Waals surface area contributed by atoms with Crippen LogP contribution in [0.25, 0.3) is 10.6 Å². The second-order valence-corrected chi connectivity index (χ2v) is 11.4. The minimum Gasteiger partial charge on any atom is -0.355 e. The summed E-state index contributed by atoms with van der Waals surface area (Å²) in [5, 5.41) is 3.71. The van der Waals surface area contributed by atoms with Crippen molar-refractivity contribution in [2.45, 2.75) is 30.0 Å². The van der Waals surface area contributed by atoms with Gasteiger partial charge in [0.25, 0.3) is 10.0 Å². The molecule has 2 aliphatic rings. The molecule has 1 fully saturated rings. The van der Waals surface area contributed by atoms with Gasteiger partial charge in [-0.05, 0) is 48.4 Å². The molecule has 1 aromatic carbocycles. The molecule has 2 aliphatic heterocycles. The van der Waals surface area contributed by atoms with Crippen molar-refractivity contribution in [2.24, 2.45) is 5.92 Å². The molecule has 0 aliphatic carbocycles. The lowest BCUT2D eigenvalue weighted by Gasteiger charge is -2.36. The molecular weight excluding hydrogens is 418 g/mol. The van der Waals surface area contributed by atoms with Crippen LogP contribution in [0.4, 0.5) is 0 Å². The Bertz CT molecular complexity index is 1110. The van der Waals surface area contributed by atoms with Gasteiger partial charge < -0.3 is 4.52 Å². The van der Waals surface area contributed by atoms with Crippen LogP contribution in [-0.2, 0) is 23.0 Å². The van der Waals surface area contributed by atoms with Crippen LogP contribution < -0.4 is 0 Å². The van der Waals surface area contributed by atoms with Gasteiger partial charge in [0.2, 0.25) is 0 Å². The van der Waals surface area contributed by atoms with Crippen LogP contribution in [0.1, 0.15) is 24.0 Å². The van der Waals surface area contributed by atoms with Gasteiger partial charge >= 0.3 is 0 Å². The SMILES string of the molecule is O=S(=O)(c1ccc(-c2ccno2)s1)N1CCCC(CN2CCc3ccccc3C2)C1. The molecule has 5 rings (SSSR count). The molecule has 0 saturated carbocycles. The normalized spacial score (nSPS) is 20.9. The molecule has 0 bridgehead atoms. The average molecular weight is 444 g/mol. The fraction of sp³-hybridized carbons (Fsp3) is 0.409. The predicted molar refractivity (Wildman–Crippen MR) is 117 cm³/mol. The Kier molecular flexibility index (Phi) is 5.49. The molecule has 8 heteroatoms. The maximum atomic E-state index is 13.2. The van der Waals surface area contributed by atoms with Crippen LogP contribution in [0.15, 0.2) is 57.4 Å². The summed E-state index contributed by atoms with van der Waals surface area (Å²) in [7, 11) is -3.48. The number of sulfonamides is 1. The van der Waals surface area contributed by atoms with Gasteiger partial charge in [-0.2, -0.15) is 4.31 Å². The third-order valence-corrected chi connectivity index (χ3v) is 9.50. The Morgan fingerprint density at radius 1 is 1.10 bits per heavy atom. The van der Waals surface area contributed by atoms with Crippen LogP contribution in [0.5, 0.6) is 0 Å². The van der Waals surface area contributed by atoms with E-state index in [4.69, 9.17) is 4.52 Å². The fourth-order valence-electron chi connectivity index (χ4n) is 4.53. The standard InChI is InChI=1S/C22H25N3O3S2/c26-30(27,22-8-7-21(29-22)20-9-11-23-28-20)25-12-3-4-17(15-25)14-24-13-10-18-5-1-2-6-19(18)16-24/h1-2,5-9,11,17H,3-4,10,12-16H2. The molecule has 0 amide bonds. The molecule has 1 atom stereocenters. The highest BCUT2D eigenvalue weighted by atomic mass is 32.2. The highest BCUT2D eigenvalue weighted by molar-refractivity contribution is 7.91. The van der Waals surface area contributed by atoms with E-state index in [0.717, 1.165) is 43.8 Å². The van der Waals surface area contributed by atoms with Crippen LogP contribution in [0.3, 0.4) is 0 Å². The number of rotatable bonds is 5. The molecule has 4 heterocycles. The molecule has 30 heavy (non-hydrogen) atoms. The summed E-state index contributed by atoms with van der Waals surface area (Å²) in [6.07, 6.45) is 4.63. The van der Waals surface area contributed by atoms with Crippen molar-refractivity contribution >= 4 is 21.4 Å². The molecule has 158 valence electrons. The zero-order valence-corrected chi connectivity index (χ0v) is 18.4. The summed E-state index contributed by atoms with van der Waals surface area (Å²) >= 11 is 1.25. The first-order valence-corrected chi connectivity index (χ1v) is 12.7. The first-order chi connectivity index (χ1) is 14.6. The van der Waals surface area contributed by atoms with Crippen molar-refractivity contribution in [2.75, 3.05) is 26.2 Å². The summed E-state index contributed by atoms with van der Waals surface area (Å²) in [5.74, 6) is 0.968. The van der Waals surface area contributed by atoms with Crippen LogP contribution in [0.2, 0.25) is 0 Å². The smallest absolute Gasteiger partial charge is 0.252 e. The Hall–Kier alpha value is -2.00. The van der Waals surface area contributed by atoms with Gasteiger partial charge in [0.15, 0.2) is 5.76 Å². The maximum absolute atomic E-state index is 13.2. The van der Waals surface area contributed by atoms with Gasteiger partial charge in [-0.15, -0.1) is 11.3 Å². The topological polar surface area (TPSA) is 66.7 Å². The first kappa shape index (κ1) is 19.9. The average Bonchev–Trinajstić information content (AvgIpc) is 3.46. The molecule has 3 aromatic rings. The number of thiophene rings is 1. The van der Waals surface area contributed by atoms with E-state index in [2.05, 4.69) is 34.3 Å². The maximum Gasteiger partial charge on any atom is 0.252 e. The van der Waals surface area contributed by atoms with Crippen molar-refractivity contribution in [1.29, 1.82) is 0 Å². The molecule has 0 radical (unpaired) electrons. The second kappa shape index (κ2) is 8.26. The number of nitrogens with zero attached hydrogens (tertiary/aromatic N) is 3. The Morgan fingerprint density at radius 2 is 1.97 bits per heavy atom. The zero-order chi connectivity index (χ0) is 20.6. The number of piperidine rings is 1. The Balaban J connectivity index is 1.26. The van der Waals surface area contributed by atoms with Gasteiger partial charge in [0.1, 0.15) is 4.21 Å². The lowest BCUT2D eigenvalue weighted by molar-refractivity contribution is 0.167. The van der Waals surface area contributed by atoms with Gasteiger partial charge in [-0.3, -0.25) is 4.90 Å². The monoisotopic (exact) mass is 443 g/mol. The molecule has 1 saturated heterocycles. The van der Waals surface area contributed by atoms with Crippen molar-refractivity contribution in [1.82, 2.24) is 14.4 Å². The van der Waals surface area contributed by atoms with Gasteiger partial charge in [-0.25, -0.2) is 8.42 Å². The van der Waals surface area contributed by atoms with E-state index in [0.29, 0.717) is 29.0 Å². The van der Waals surface area contributed by atoms with E-state index in [1.807, 2.05) is 0 Å². The number of hydrogen-bond donors (Lipinski definition) is 0. The number of hydrogen-bond acceptors (Lipinski definition) is 6. The number of aromatic nitrogens is 1. The third kappa shape index (κ3) is 3.97. The predicted octanol–water partition coefficient (Wildman–Crippen LogP) is 3.86. The minimum atomic E-state index is -3.48. The number of fused-ring (bicyclic) bond motifs is 1. The van der Waals surface area contributed by atoms with Crippen molar-refractivity contribution < 1.29 is 12.9 Å². The van der Waals surface area contributed by atoms with E-state index < -0.39 is 10.0 Å². The highest BCUT2D eigenvalue weighted by Crippen LogP contribution is 2.34. The molecule has 1 unspecified atom stereocenters. The quantitative estimate of drug-likeness (QED) is 0.599. The fourth-order valence-corrected chi connectivity index (χ4v) is 7.50. The zero-order valence-electron chi connectivity index (χ0n) is 16.7. The van der Waals surface area contributed by atoms with Crippen LogP contribution in [-0.4, -0.2) is 49.0 Å². The van der Waals surface area contributed by atoms with Crippen LogP contribution in [0, 0.1) is 5.92 Å². The van der Waals surface area contributed by atoms with E-state index in [1.165, 1.54) is 22.5 Å². The van der Waals surface area contributed by atoms with Crippen LogP contribution >= 0.6 is 11.3 Å². The van der Waals surface area contributed by atoms with Crippen molar-refractivity contribution in [3.8, 4) is 10.6 Å². The van der Waals surface area contributed by atoms with Gasteiger partial charge in [0, 0.05) is 38.8 Å². The first-order valence-electron chi connectivity index (χ1n) is 10.4. The van der Waals surface area contributed by atoms with Crippen molar-refractivity contribution in [3.63, 3.8) is 0 Å². The summed E-state index contributed by atoms with van der Waals surface area (Å²) < 4.78 is 33.7. The van der Waals surface area contributed by atoms with E-state index in [1.54, 1.807) is 28.7 Å². The molecule has 0 spiro atoms. The second-order valence-electron chi connectivity index (χ2n) is 8.12.